The molecule has 22 heavy (non-hydrogen) atoms. The van der Waals surface area contributed by atoms with Crippen LogP contribution in [0.4, 0.5) is 5.69 Å². The van der Waals surface area contributed by atoms with Gasteiger partial charge in [0, 0.05) is 25.9 Å². The molecule has 1 heterocycles. The highest BCUT2D eigenvalue weighted by Crippen LogP contribution is 2.12. The van der Waals surface area contributed by atoms with Gasteiger partial charge in [0.05, 0.1) is 11.3 Å². The average molecular weight is 300 g/mol. The van der Waals surface area contributed by atoms with Crippen molar-refractivity contribution >= 4 is 23.3 Å². The fourth-order valence-corrected chi connectivity index (χ4v) is 1.97. The van der Waals surface area contributed by atoms with E-state index < -0.39 is 5.97 Å². The van der Waals surface area contributed by atoms with Gasteiger partial charge in [0.25, 0.3) is 0 Å². The van der Waals surface area contributed by atoms with Crippen molar-refractivity contribution in [3.8, 4) is 0 Å². The number of ether oxygens (including phenoxy) is 1. The number of hydrogen-bond donors (Lipinski definition) is 1. The molecular formula is C16H16N2O4. The summed E-state index contributed by atoms with van der Waals surface area (Å²) in [6, 6.07) is 9.74. The second kappa shape index (κ2) is 6.71. The number of ketones is 1. The number of nitrogens with zero attached hydrogens (tertiary/aromatic N) is 1. The second-order valence-electron chi connectivity index (χ2n) is 4.77. The average Bonchev–Trinajstić information content (AvgIpc) is 2.90. The number of carbonyl (C=O) groups excluding carboxylic acids is 3. The summed E-state index contributed by atoms with van der Waals surface area (Å²) in [4.78, 5) is 34.9. The molecule has 0 bridgehead atoms. The number of esters is 1. The van der Waals surface area contributed by atoms with Crippen LogP contribution in [0, 0.1) is 0 Å². The number of benzene rings is 1. The fraction of sp³-hybridized carbons (Fsp3) is 0.188. The minimum absolute atomic E-state index is 0.232. The Morgan fingerprint density at radius 1 is 1.18 bits per heavy atom. The number of Topliss-reactive ketones (excluding diaryl/α,β-unsaturated/α-hetero) is 1. The zero-order valence-electron chi connectivity index (χ0n) is 12.3. The van der Waals surface area contributed by atoms with Crippen molar-refractivity contribution in [3.63, 3.8) is 0 Å². The Bertz CT molecular complexity index is 718. The van der Waals surface area contributed by atoms with Crippen molar-refractivity contribution in [2.24, 2.45) is 7.05 Å². The molecule has 0 spiro atoms. The van der Waals surface area contributed by atoms with Crippen LogP contribution in [0.2, 0.25) is 0 Å². The summed E-state index contributed by atoms with van der Waals surface area (Å²) in [5.41, 5.74) is 1.24. The van der Waals surface area contributed by atoms with E-state index in [1.807, 2.05) is 0 Å². The van der Waals surface area contributed by atoms with Crippen molar-refractivity contribution in [3.05, 3.63) is 53.9 Å². The summed E-state index contributed by atoms with van der Waals surface area (Å²) in [5.74, 6) is -1.13. The van der Waals surface area contributed by atoms with Crippen LogP contribution in [0.1, 0.15) is 27.8 Å². The molecule has 0 saturated heterocycles. The first-order valence-corrected chi connectivity index (χ1v) is 6.66. The Kier molecular flexibility index (Phi) is 4.73. The van der Waals surface area contributed by atoms with Crippen LogP contribution in [0.25, 0.3) is 0 Å². The molecule has 1 amide bonds. The minimum atomic E-state index is -0.616. The minimum Gasteiger partial charge on any atom is -0.454 e. The number of hydrogen-bond acceptors (Lipinski definition) is 4. The van der Waals surface area contributed by atoms with Gasteiger partial charge in [0.15, 0.2) is 6.61 Å². The lowest BCUT2D eigenvalue weighted by Crippen LogP contribution is -2.16. The van der Waals surface area contributed by atoms with Crippen molar-refractivity contribution in [2.45, 2.75) is 6.92 Å². The maximum atomic E-state index is 11.9. The maximum absolute atomic E-state index is 11.9. The van der Waals surface area contributed by atoms with Crippen LogP contribution in [0.15, 0.2) is 42.6 Å². The molecule has 0 unspecified atom stereocenters. The summed E-state index contributed by atoms with van der Waals surface area (Å²) in [7, 11) is 1.74. The molecular weight excluding hydrogens is 284 g/mol. The van der Waals surface area contributed by atoms with E-state index in [2.05, 4.69) is 5.32 Å². The van der Waals surface area contributed by atoms with E-state index in [-0.39, 0.29) is 23.9 Å². The Labute approximate surface area is 127 Å². The number of nitrogens with one attached hydrogen (secondary N) is 1. The number of aromatic nitrogens is 1. The van der Waals surface area contributed by atoms with Crippen LogP contribution in [0.5, 0.6) is 0 Å². The molecule has 1 aromatic heterocycles. The van der Waals surface area contributed by atoms with Gasteiger partial charge >= 0.3 is 5.97 Å². The molecule has 6 nitrogen and oxygen atoms in total. The summed E-state index contributed by atoms with van der Waals surface area (Å²) in [6.07, 6.45) is 1.74. The SMILES string of the molecule is CC(=O)Nc1cccc(C(=O)OCC(=O)c2cccn2C)c1. The lowest BCUT2D eigenvalue weighted by molar-refractivity contribution is -0.114. The summed E-state index contributed by atoms with van der Waals surface area (Å²) in [6.45, 7) is 1.05. The predicted molar refractivity (Wildman–Crippen MR) is 80.8 cm³/mol. The van der Waals surface area contributed by atoms with E-state index in [0.29, 0.717) is 11.4 Å². The molecule has 1 aromatic carbocycles. The first kappa shape index (κ1) is 15.5. The largest absolute Gasteiger partial charge is 0.454 e. The van der Waals surface area contributed by atoms with E-state index in [4.69, 9.17) is 4.74 Å². The number of rotatable bonds is 5. The zero-order valence-corrected chi connectivity index (χ0v) is 12.3. The Morgan fingerprint density at radius 3 is 2.59 bits per heavy atom. The predicted octanol–water partition coefficient (Wildman–Crippen LogP) is 2.02. The summed E-state index contributed by atoms with van der Waals surface area (Å²) < 4.78 is 6.67. The number of aryl methyl sites for hydroxylation is 1. The molecule has 1 N–H and O–H groups in total. The third kappa shape index (κ3) is 3.82. The smallest absolute Gasteiger partial charge is 0.338 e. The molecule has 6 heteroatoms. The van der Waals surface area contributed by atoms with Gasteiger partial charge in [0.1, 0.15) is 0 Å². The number of carbonyl (C=O) groups is 3. The van der Waals surface area contributed by atoms with Crippen molar-refractivity contribution in [1.29, 1.82) is 0 Å². The third-order valence-corrected chi connectivity index (χ3v) is 2.98. The monoisotopic (exact) mass is 300 g/mol. The van der Waals surface area contributed by atoms with Gasteiger partial charge in [-0.05, 0) is 30.3 Å². The third-order valence-electron chi connectivity index (χ3n) is 2.98. The molecule has 0 aliphatic carbocycles. The molecule has 114 valence electrons. The number of anilines is 1. The van der Waals surface area contributed by atoms with Crippen LogP contribution in [-0.2, 0) is 16.6 Å². The Morgan fingerprint density at radius 2 is 1.95 bits per heavy atom. The van der Waals surface area contributed by atoms with E-state index in [9.17, 15) is 14.4 Å². The van der Waals surface area contributed by atoms with Gasteiger partial charge in [0.2, 0.25) is 11.7 Å². The zero-order chi connectivity index (χ0) is 16.1. The van der Waals surface area contributed by atoms with Crippen molar-refractivity contribution in [2.75, 3.05) is 11.9 Å². The highest BCUT2D eigenvalue weighted by Gasteiger charge is 2.14. The van der Waals surface area contributed by atoms with Crippen molar-refractivity contribution in [1.82, 2.24) is 4.57 Å². The van der Waals surface area contributed by atoms with E-state index in [1.54, 1.807) is 48.1 Å². The molecule has 0 aliphatic rings. The molecule has 0 aliphatic heterocycles. The first-order valence-electron chi connectivity index (χ1n) is 6.66. The topological polar surface area (TPSA) is 77.4 Å². The van der Waals surface area contributed by atoms with Crippen LogP contribution < -0.4 is 5.32 Å². The van der Waals surface area contributed by atoms with E-state index in [0.717, 1.165) is 0 Å². The molecule has 2 rings (SSSR count). The van der Waals surface area contributed by atoms with Gasteiger partial charge < -0.3 is 14.6 Å². The van der Waals surface area contributed by atoms with Crippen molar-refractivity contribution < 1.29 is 19.1 Å². The van der Waals surface area contributed by atoms with Gasteiger partial charge in [-0.2, -0.15) is 0 Å². The van der Waals surface area contributed by atoms with Crippen LogP contribution in [-0.4, -0.2) is 28.8 Å². The summed E-state index contributed by atoms with van der Waals surface area (Å²) in [5, 5.41) is 2.58. The highest BCUT2D eigenvalue weighted by molar-refractivity contribution is 5.99. The van der Waals surface area contributed by atoms with E-state index >= 15 is 0 Å². The Hall–Kier alpha value is -2.89. The Balaban J connectivity index is 1.99. The van der Waals surface area contributed by atoms with Crippen LogP contribution >= 0.6 is 0 Å². The fourth-order valence-electron chi connectivity index (χ4n) is 1.97. The van der Waals surface area contributed by atoms with Gasteiger partial charge in [-0.25, -0.2) is 4.79 Å². The standard InChI is InChI=1S/C16H16N2O4/c1-11(19)17-13-6-3-5-12(9-13)16(21)22-10-15(20)14-7-4-8-18(14)2/h3-9H,10H2,1-2H3,(H,17,19). The molecule has 0 atom stereocenters. The number of amides is 1. The van der Waals surface area contributed by atoms with E-state index in [1.165, 1.54) is 13.0 Å². The molecule has 0 saturated carbocycles. The molecule has 2 aromatic rings. The van der Waals surface area contributed by atoms with Gasteiger partial charge in [-0.15, -0.1) is 0 Å². The quantitative estimate of drug-likeness (QED) is 0.677. The van der Waals surface area contributed by atoms with Crippen LogP contribution in [0.3, 0.4) is 0 Å². The van der Waals surface area contributed by atoms with Gasteiger partial charge in [-0.1, -0.05) is 6.07 Å². The molecule has 0 radical (unpaired) electrons. The maximum Gasteiger partial charge on any atom is 0.338 e. The van der Waals surface area contributed by atoms with Gasteiger partial charge in [-0.3, -0.25) is 9.59 Å². The second-order valence-corrected chi connectivity index (χ2v) is 4.77. The summed E-state index contributed by atoms with van der Waals surface area (Å²) >= 11 is 0. The molecule has 0 fully saturated rings. The first-order chi connectivity index (χ1) is 10.5. The lowest BCUT2D eigenvalue weighted by atomic mass is 10.2. The highest BCUT2D eigenvalue weighted by atomic mass is 16.5. The normalized spacial score (nSPS) is 10.1. The lowest BCUT2D eigenvalue weighted by Gasteiger charge is -2.07.